The second-order valence-electron chi connectivity index (χ2n) is 5.40. The van der Waals surface area contributed by atoms with E-state index in [9.17, 15) is 13.2 Å². The number of pyridine rings is 1. The first kappa shape index (κ1) is 16.7. The van der Waals surface area contributed by atoms with Crippen LogP contribution in [-0.4, -0.2) is 49.2 Å². The number of amides is 1. The molecule has 0 unspecified atom stereocenters. The van der Waals surface area contributed by atoms with E-state index in [4.69, 9.17) is 16.3 Å². The van der Waals surface area contributed by atoms with Gasteiger partial charge < -0.3 is 9.64 Å². The van der Waals surface area contributed by atoms with Crippen molar-refractivity contribution < 1.29 is 17.9 Å². The number of carbonyl (C=O) groups excluding carboxylic acids is 1. The molecule has 6 nitrogen and oxygen atoms in total. The molecule has 2 aromatic rings. The molecule has 1 fully saturated rings. The van der Waals surface area contributed by atoms with Crippen molar-refractivity contribution in [2.75, 3.05) is 19.7 Å². The van der Waals surface area contributed by atoms with Crippen LogP contribution >= 0.6 is 11.6 Å². The summed E-state index contributed by atoms with van der Waals surface area (Å²) in [6.07, 6.45) is 3.12. The van der Waals surface area contributed by atoms with Gasteiger partial charge in [0.15, 0.2) is 16.4 Å². The van der Waals surface area contributed by atoms with E-state index in [-0.39, 0.29) is 30.5 Å². The summed E-state index contributed by atoms with van der Waals surface area (Å²) in [5, 5.41) is -0.118. The first-order chi connectivity index (χ1) is 11.5. The Kier molecular flexibility index (Phi) is 4.73. The maximum absolute atomic E-state index is 12.5. The predicted molar refractivity (Wildman–Crippen MR) is 88.7 cm³/mol. The first-order valence-electron chi connectivity index (χ1n) is 7.27. The lowest BCUT2D eigenvalue weighted by molar-refractivity contribution is -0.136. The Morgan fingerprint density at radius 2 is 1.96 bits per heavy atom. The van der Waals surface area contributed by atoms with Crippen LogP contribution in [0.25, 0.3) is 0 Å². The zero-order valence-electron chi connectivity index (χ0n) is 12.6. The van der Waals surface area contributed by atoms with Gasteiger partial charge in [-0.25, -0.2) is 8.42 Å². The van der Waals surface area contributed by atoms with E-state index in [1.807, 2.05) is 0 Å². The van der Waals surface area contributed by atoms with Crippen molar-refractivity contribution in [2.45, 2.75) is 10.1 Å². The standard InChI is InChI=1S/C16H15ClN2O4S/c17-12-3-5-14(6-4-12)24(21,22)15-9-19(10-15)16(20)11-23-13-2-1-7-18-8-13/h1-8,15H,9-11H2. The van der Waals surface area contributed by atoms with Crippen molar-refractivity contribution in [2.24, 2.45) is 0 Å². The van der Waals surface area contributed by atoms with Crippen molar-refractivity contribution in [3.63, 3.8) is 0 Å². The maximum atomic E-state index is 12.5. The lowest BCUT2D eigenvalue weighted by Gasteiger charge is -2.38. The Hall–Kier alpha value is -2.12. The zero-order valence-corrected chi connectivity index (χ0v) is 14.2. The molecule has 24 heavy (non-hydrogen) atoms. The molecule has 0 atom stereocenters. The van der Waals surface area contributed by atoms with E-state index in [1.165, 1.54) is 35.4 Å². The fraction of sp³-hybridized carbons (Fsp3) is 0.250. The molecule has 8 heteroatoms. The largest absolute Gasteiger partial charge is 0.482 e. The molecule has 2 heterocycles. The van der Waals surface area contributed by atoms with Gasteiger partial charge in [0.25, 0.3) is 5.91 Å². The Labute approximate surface area is 144 Å². The smallest absolute Gasteiger partial charge is 0.260 e. The molecule has 1 amide bonds. The van der Waals surface area contributed by atoms with Crippen LogP contribution in [0.1, 0.15) is 0 Å². The lowest BCUT2D eigenvalue weighted by atomic mass is 10.2. The zero-order chi connectivity index (χ0) is 17.2. The van der Waals surface area contributed by atoms with Crippen LogP contribution in [-0.2, 0) is 14.6 Å². The molecular weight excluding hydrogens is 352 g/mol. The molecule has 1 saturated heterocycles. The number of ether oxygens (including phenoxy) is 1. The second kappa shape index (κ2) is 6.78. The number of halogens is 1. The minimum absolute atomic E-state index is 0.139. The van der Waals surface area contributed by atoms with Gasteiger partial charge in [-0.05, 0) is 36.4 Å². The molecule has 1 aromatic heterocycles. The summed E-state index contributed by atoms with van der Waals surface area (Å²) in [6.45, 7) is 0.194. The van der Waals surface area contributed by atoms with Gasteiger partial charge in [-0.15, -0.1) is 0 Å². The summed E-state index contributed by atoms with van der Waals surface area (Å²) in [5.41, 5.74) is 0. The van der Waals surface area contributed by atoms with E-state index >= 15 is 0 Å². The SMILES string of the molecule is O=C(COc1cccnc1)N1CC(S(=O)(=O)c2ccc(Cl)cc2)C1. The van der Waals surface area contributed by atoms with Crippen molar-refractivity contribution in [1.29, 1.82) is 0 Å². The van der Waals surface area contributed by atoms with Crippen molar-refractivity contribution >= 4 is 27.3 Å². The lowest BCUT2D eigenvalue weighted by Crippen LogP contribution is -2.57. The minimum atomic E-state index is -3.46. The Balaban J connectivity index is 1.54. The van der Waals surface area contributed by atoms with Gasteiger partial charge in [0, 0.05) is 24.3 Å². The van der Waals surface area contributed by atoms with Gasteiger partial charge >= 0.3 is 0 Å². The Bertz CT molecular complexity index is 819. The van der Waals surface area contributed by atoms with Crippen LogP contribution < -0.4 is 4.74 Å². The number of sulfone groups is 1. The molecular formula is C16H15ClN2O4S. The fourth-order valence-corrected chi connectivity index (χ4v) is 4.10. The Morgan fingerprint density at radius 1 is 1.25 bits per heavy atom. The van der Waals surface area contributed by atoms with Crippen LogP contribution in [0.3, 0.4) is 0 Å². The van der Waals surface area contributed by atoms with Crippen molar-refractivity contribution in [3.8, 4) is 5.75 Å². The summed E-state index contributed by atoms with van der Waals surface area (Å²) >= 11 is 5.77. The van der Waals surface area contributed by atoms with E-state index in [0.717, 1.165) is 0 Å². The third-order valence-electron chi connectivity index (χ3n) is 3.78. The van der Waals surface area contributed by atoms with Gasteiger partial charge in [0.1, 0.15) is 11.0 Å². The molecule has 0 spiro atoms. The van der Waals surface area contributed by atoms with E-state index in [0.29, 0.717) is 10.8 Å². The number of rotatable bonds is 5. The molecule has 126 valence electrons. The topological polar surface area (TPSA) is 76.6 Å². The number of hydrogen-bond acceptors (Lipinski definition) is 5. The number of carbonyl (C=O) groups is 1. The summed E-state index contributed by atoms with van der Waals surface area (Å²) in [5.74, 6) is 0.248. The van der Waals surface area contributed by atoms with Gasteiger partial charge in [0.2, 0.25) is 0 Å². The van der Waals surface area contributed by atoms with Gasteiger partial charge in [-0.2, -0.15) is 0 Å². The minimum Gasteiger partial charge on any atom is -0.482 e. The fourth-order valence-electron chi connectivity index (χ4n) is 2.32. The van der Waals surface area contributed by atoms with Crippen LogP contribution in [0, 0.1) is 0 Å². The predicted octanol–water partition coefficient (Wildman–Crippen LogP) is 1.80. The summed E-state index contributed by atoms with van der Waals surface area (Å²) in [7, 11) is -3.46. The van der Waals surface area contributed by atoms with E-state index in [2.05, 4.69) is 4.98 Å². The first-order valence-corrected chi connectivity index (χ1v) is 9.19. The molecule has 0 bridgehead atoms. The average molecular weight is 367 g/mol. The maximum Gasteiger partial charge on any atom is 0.260 e. The molecule has 1 aromatic carbocycles. The molecule has 0 N–H and O–H groups in total. The summed E-state index contributed by atoms with van der Waals surface area (Å²) in [4.78, 5) is 17.6. The van der Waals surface area contributed by atoms with Gasteiger partial charge in [-0.1, -0.05) is 11.6 Å². The highest BCUT2D eigenvalue weighted by Crippen LogP contribution is 2.25. The number of likely N-dealkylation sites (tertiary alicyclic amines) is 1. The molecule has 1 aliphatic rings. The average Bonchev–Trinajstić information content (AvgIpc) is 2.52. The van der Waals surface area contributed by atoms with Crippen LogP contribution in [0.4, 0.5) is 0 Å². The second-order valence-corrected chi connectivity index (χ2v) is 8.06. The highest BCUT2D eigenvalue weighted by Gasteiger charge is 2.40. The van der Waals surface area contributed by atoms with Gasteiger partial charge in [-0.3, -0.25) is 9.78 Å². The highest BCUT2D eigenvalue weighted by atomic mass is 35.5. The number of benzene rings is 1. The monoisotopic (exact) mass is 366 g/mol. The quantitative estimate of drug-likeness (QED) is 0.806. The van der Waals surface area contributed by atoms with E-state index < -0.39 is 15.1 Å². The molecule has 0 saturated carbocycles. The van der Waals surface area contributed by atoms with Crippen LogP contribution in [0.15, 0.2) is 53.7 Å². The molecule has 0 aliphatic carbocycles. The highest BCUT2D eigenvalue weighted by molar-refractivity contribution is 7.92. The summed E-state index contributed by atoms with van der Waals surface area (Å²) < 4.78 is 30.2. The third-order valence-corrected chi connectivity index (χ3v) is 6.14. The normalized spacial score (nSPS) is 15.0. The third kappa shape index (κ3) is 3.52. The van der Waals surface area contributed by atoms with E-state index in [1.54, 1.807) is 18.3 Å². The van der Waals surface area contributed by atoms with Crippen molar-refractivity contribution in [1.82, 2.24) is 9.88 Å². The molecule has 3 rings (SSSR count). The van der Waals surface area contributed by atoms with Crippen LogP contribution in [0.5, 0.6) is 5.75 Å². The molecule has 1 aliphatic heterocycles. The number of aromatic nitrogens is 1. The number of nitrogens with zero attached hydrogens (tertiary/aromatic N) is 2. The van der Waals surface area contributed by atoms with Crippen LogP contribution in [0.2, 0.25) is 5.02 Å². The number of hydrogen-bond donors (Lipinski definition) is 0. The Morgan fingerprint density at radius 3 is 2.58 bits per heavy atom. The molecule has 0 radical (unpaired) electrons. The summed E-state index contributed by atoms with van der Waals surface area (Å²) in [6, 6.07) is 9.44. The van der Waals surface area contributed by atoms with Gasteiger partial charge in [0.05, 0.1) is 11.1 Å². The van der Waals surface area contributed by atoms with Crippen molar-refractivity contribution in [3.05, 3.63) is 53.8 Å².